The van der Waals surface area contributed by atoms with Gasteiger partial charge in [-0.3, -0.25) is 4.98 Å². The third-order valence-corrected chi connectivity index (χ3v) is 4.23. The van der Waals surface area contributed by atoms with Gasteiger partial charge in [-0.25, -0.2) is 0 Å². The highest BCUT2D eigenvalue weighted by atomic mass is 16.5. The zero-order chi connectivity index (χ0) is 12.4. The fourth-order valence-corrected chi connectivity index (χ4v) is 3.28. The van der Waals surface area contributed by atoms with Crippen LogP contribution in [-0.2, 0) is 11.2 Å². The van der Waals surface area contributed by atoms with Crippen molar-refractivity contribution >= 4 is 0 Å². The van der Waals surface area contributed by atoms with Crippen molar-refractivity contribution in [1.82, 2.24) is 4.98 Å². The fourth-order valence-electron chi connectivity index (χ4n) is 3.28. The van der Waals surface area contributed by atoms with Gasteiger partial charge in [-0.05, 0) is 43.7 Å². The van der Waals surface area contributed by atoms with Crippen LogP contribution in [0.25, 0.3) is 0 Å². The van der Waals surface area contributed by atoms with Gasteiger partial charge in [0.05, 0.1) is 12.2 Å². The zero-order valence-electron chi connectivity index (χ0n) is 10.7. The second-order valence-corrected chi connectivity index (χ2v) is 5.48. The Balaban J connectivity index is 1.72. The van der Waals surface area contributed by atoms with Crippen LogP contribution in [0.15, 0.2) is 18.3 Å². The number of aliphatic hydroxyl groups is 1. The van der Waals surface area contributed by atoms with E-state index in [4.69, 9.17) is 4.74 Å². The zero-order valence-corrected chi connectivity index (χ0v) is 10.7. The van der Waals surface area contributed by atoms with E-state index >= 15 is 0 Å². The predicted octanol–water partition coefficient (Wildman–Crippen LogP) is 2.43. The molecule has 3 heteroatoms. The molecular weight excluding hydrogens is 226 g/mol. The number of hydrogen-bond acceptors (Lipinski definition) is 3. The normalized spacial score (nSPS) is 28.9. The standard InChI is InChI=1S/C15H21NO2/c17-14(10-12-6-3-9-18-12)13-7-1-4-11-5-2-8-16-15(11)13/h2,5,8,12-14,17H,1,3-4,6-7,9-10H2. The first kappa shape index (κ1) is 12.1. The Hall–Kier alpha value is -0.930. The van der Waals surface area contributed by atoms with Crippen molar-refractivity contribution in [2.75, 3.05) is 6.61 Å². The lowest BCUT2D eigenvalue weighted by Gasteiger charge is -2.29. The van der Waals surface area contributed by atoms with Gasteiger partial charge in [-0.15, -0.1) is 0 Å². The van der Waals surface area contributed by atoms with Gasteiger partial charge in [0.1, 0.15) is 0 Å². The second-order valence-electron chi connectivity index (χ2n) is 5.48. The summed E-state index contributed by atoms with van der Waals surface area (Å²) in [5, 5.41) is 10.5. The molecular formula is C15H21NO2. The quantitative estimate of drug-likeness (QED) is 0.892. The maximum absolute atomic E-state index is 10.5. The van der Waals surface area contributed by atoms with Crippen molar-refractivity contribution in [1.29, 1.82) is 0 Å². The molecule has 2 aliphatic rings. The smallest absolute Gasteiger partial charge is 0.0648 e. The highest BCUT2D eigenvalue weighted by Gasteiger charge is 2.30. The summed E-state index contributed by atoms with van der Waals surface area (Å²) in [6.45, 7) is 0.858. The minimum Gasteiger partial charge on any atom is -0.392 e. The number of ether oxygens (including phenoxy) is 1. The number of hydrogen-bond donors (Lipinski definition) is 1. The monoisotopic (exact) mass is 247 g/mol. The Bertz CT molecular complexity index is 401. The van der Waals surface area contributed by atoms with Crippen LogP contribution in [0.4, 0.5) is 0 Å². The largest absolute Gasteiger partial charge is 0.392 e. The van der Waals surface area contributed by atoms with Gasteiger partial charge in [0.2, 0.25) is 0 Å². The Morgan fingerprint density at radius 2 is 2.33 bits per heavy atom. The molecule has 0 spiro atoms. The summed E-state index contributed by atoms with van der Waals surface area (Å²) in [6.07, 6.45) is 8.11. The van der Waals surface area contributed by atoms with Gasteiger partial charge in [0.25, 0.3) is 0 Å². The first-order valence-electron chi connectivity index (χ1n) is 7.08. The summed E-state index contributed by atoms with van der Waals surface area (Å²) >= 11 is 0. The van der Waals surface area contributed by atoms with Gasteiger partial charge < -0.3 is 9.84 Å². The van der Waals surface area contributed by atoms with E-state index in [2.05, 4.69) is 11.1 Å². The highest BCUT2D eigenvalue weighted by Crippen LogP contribution is 2.34. The third kappa shape index (κ3) is 2.43. The molecule has 0 aromatic carbocycles. The number of pyridine rings is 1. The predicted molar refractivity (Wildman–Crippen MR) is 69.5 cm³/mol. The molecule has 0 radical (unpaired) electrons. The van der Waals surface area contributed by atoms with Crippen LogP contribution in [0, 0.1) is 0 Å². The molecule has 3 unspecified atom stereocenters. The minimum absolute atomic E-state index is 0.208. The molecule has 2 heterocycles. The molecule has 18 heavy (non-hydrogen) atoms. The summed E-state index contributed by atoms with van der Waals surface area (Å²) in [7, 11) is 0. The van der Waals surface area contributed by atoms with Crippen molar-refractivity contribution in [3.8, 4) is 0 Å². The summed E-state index contributed by atoms with van der Waals surface area (Å²) in [5.74, 6) is 0.208. The molecule has 3 nitrogen and oxygen atoms in total. The van der Waals surface area contributed by atoms with E-state index in [1.807, 2.05) is 12.3 Å². The molecule has 1 aromatic heterocycles. The average Bonchev–Trinajstić information content (AvgIpc) is 2.91. The van der Waals surface area contributed by atoms with Crippen molar-refractivity contribution in [3.05, 3.63) is 29.6 Å². The van der Waals surface area contributed by atoms with Crippen LogP contribution in [0.3, 0.4) is 0 Å². The molecule has 0 bridgehead atoms. The molecule has 1 N–H and O–H groups in total. The van der Waals surface area contributed by atoms with Crippen LogP contribution in [0.2, 0.25) is 0 Å². The molecule has 1 fully saturated rings. The first-order chi connectivity index (χ1) is 8.84. The minimum atomic E-state index is -0.304. The Morgan fingerprint density at radius 1 is 1.39 bits per heavy atom. The number of aryl methyl sites for hydroxylation is 1. The SMILES string of the molecule is OC(CC1CCCO1)C1CCCc2cccnc21. The molecule has 3 atom stereocenters. The molecule has 1 aliphatic heterocycles. The summed E-state index contributed by atoms with van der Waals surface area (Å²) in [5.41, 5.74) is 2.44. The lowest BCUT2D eigenvalue weighted by Crippen LogP contribution is -2.27. The number of nitrogens with zero attached hydrogens (tertiary/aromatic N) is 1. The van der Waals surface area contributed by atoms with Gasteiger partial charge in [0, 0.05) is 30.8 Å². The molecule has 1 aromatic rings. The third-order valence-electron chi connectivity index (χ3n) is 4.23. The number of aliphatic hydroxyl groups excluding tert-OH is 1. The molecule has 98 valence electrons. The number of aromatic nitrogens is 1. The molecule has 1 saturated heterocycles. The van der Waals surface area contributed by atoms with Crippen LogP contribution in [0.1, 0.15) is 49.3 Å². The maximum atomic E-state index is 10.5. The van der Waals surface area contributed by atoms with E-state index in [1.165, 1.54) is 5.56 Å². The lowest BCUT2D eigenvalue weighted by atomic mass is 9.81. The Kier molecular flexibility index (Phi) is 3.62. The fraction of sp³-hybridized carbons (Fsp3) is 0.667. The molecule has 3 rings (SSSR count). The van der Waals surface area contributed by atoms with Gasteiger partial charge in [-0.1, -0.05) is 6.07 Å². The van der Waals surface area contributed by atoms with E-state index in [0.29, 0.717) is 0 Å². The van der Waals surface area contributed by atoms with Crippen LogP contribution in [-0.4, -0.2) is 28.9 Å². The van der Waals surface area contributed by atoms with Crippen LogP contribution in [0.5, 0.6) is 0 Å². The lowest BCUT2D eigenvalue weighted by molar-refractivity contribution is 0.0390. The van der Waals surface area contributed by atoms with E-state index in [9.17, 15) is 5.11 Å². The summed E-state index contributed by atoms with van der Waals surface area (Å²) < 4.78 is 5.62. The van der Waals surface area contributed by atoms with E-state index in [0.717, 1.165) is 50.8 Å². The summed E-state index contributed by atoms with van der Waals surface area (Å²) in [6, 6.07) is 4.14. The highest BCUT2D eigenvalue weighted by molar-refractivity contribution is 5.26. The van der Waals surface area contributed by atoms with Crippen molar-refractivity contribution < 1.29 is 9.84 Å². The van der Waals surface area contributed by atoms with E-state index in [-0.39, 0.29) is 18.1 Å². The Labute approximate surface area is 108 Å². The van der Waals surface area contributed by atoms with Crippen molar-refractivity contribution in [2.24, 2.45) is 0 Å². The van der Waals surface area contributed by atoms with Gasteiger partial charge in [0.15, 0.2) is 0 Å². The summed E-state index contributed by atoms with van der Waals surface area (Å²) in [4.78, 5) is 4.50. The molecule has 0 saturated carbocycles. The molecule has 1 aliphatic carbocycles. The van der Waals surface area contributed by atoms with Crippen LogP contribution >= 0.6 is 0 Å². The number of fused-ring (bicyclic) bond motifs is 1. The topological polar surface area (TPSA) is 42.4 Å². The van der Waals surface area contributed by atoms with Gasteiger partial charge >= 0.3 is 0 Å². The second kappa shape index (κ2) is 5.37. The van der Waals surface area contributed by atoms with E-state index < -0.39 is 0 Å². The maximum Gasteiger partial charge on any atom is 0.0648 e. The van der Waals surface area contributed by atoms with Crippen LogP contribution < -0.4 is 0 Å². The van der Waals surface area contributed by atoms with Crippen molar-refractivity contribution in [3.63, 3.8) is 0 Å². The first-order valence-corrected chi connectivity index (χ1v) is 7.08. The number of rotatable bonds is 3. The molecule has 0 amide bonds. The van der Waals surface area contributed by atoms with Gasteiger partial charge in [-0.2, -0.15) is 0 Å². The average molecular weight is 247 g/mol. The van der Waals surface area contributed by atoms with E-state index in [1.54, 1.807) is 0 Å². The Morgan fingerprint density at radius 3 is 3.17 bits per heavy atom. The van der Waals surface area contributed by atoms with Crippen molar-refractivity contribution in [2.45, 2.75) is 56.7 Å².